The van der Waals surface area contributed by atoms with Crippen LogP contribution in [0, 0.1) is 5.92 Å². The second kappa shape index (κ2) is 6.36. The number of allylic oxidation sites excluding steroid dienone is 2. The molecule has 1 rings (SSSR count). The summed E-state index contributed by atoms with van der Waals surface area (Å²) < 4.78 is 0. The first kappa shape index (κ1) is 14.5. The first-order valence-corrected chi connectivity index (χ1v) is 6.61. The molecule has 0 aromatic heterocycles. The summed E-state index contributed by atoms with van der Waals surface area (Å²) in [7, 11) is 0. The average molecular weight is 238 g/mol. The molecule has 1 aliphatic carbocycles. The summed E-state index contributed by atoms with van der Waals surface area (Å²) in [5.41, 5.74) is 1.89. The van der Waals surface area contributed by atoms with Crippen molar-refractivity contribution in [2.24, 2.45) is 5.92 Å². The molecule has 0 aliphatic heterocycles. The van der Waals surface area contributed by atoms with E-state index in [0.717, 1.165) is 44.1 Å². The van der Waals surface area contributed by atoms with Gasteiger partial charge in [-0.3, -0.25) is 0 Å². The highest BCUT2D eigenvalue weighted by Crippen LogP contribution is 2.36. The van der Waals surface area contributed by atoms with Crippen LogP contribution in [0.15, 0.2) is 23.8 Å². The fourth-order valence-electron chi connectivity index (χ4n) is 2.42. The maximum atomic E-state index is 9.89. The molecule has 0 unspecified atom stereocenters. The third-order valence-corrected chi connectivity index (χ3v) is 3.85. The van der Waals surface area contributed by atoms with E-state index in [9.17, 15) is 5.11 Å². The van der Waals surface area contributed by atoms with Crippen LogP contribution in [-0.2, 0) is 0 Å². The fraction of sp³-hybridized carbons (Fsp3) is 0.733. The van der Waals surface area contributed by atoms with Gasteiger partial charge in [0.1, 0.15) is 0 Å². The molecule has 2 heteroatoms. The van der Waals surface area contributed by atoms with Crippen LogP contribution in [0.2, 0.25) is 0 Å². The monoisotopic (exact) mass is 238 g/mol. The van der Waals surface area contributed by atoms with Crippen molar-refractivity contribution >= 4 is 0 Å². The number of aliphatic hydroxyl groups is 2. The van der Waals surface area contributed by atoms with Crippen molar-refractivity contribution in [3.63, 3.8) is 0 Å². The second-order valence-electron chi connectivity index (χ2n) is 5.68. The van der Waals surface area contributed by atoms with E-state index in [4.69, 9.17) is 5.11 Å². The fourth-order valence-corrected chi connectivity index (χ4v) is 2.42. The molecule has 2 nitrogen and oxygen atoms in total. The van der Waals surface area contributed by atoms with Crippen LogP contribution in [0.4, 0.5) is 0 Å². The summed E-state index contributed by atoms with van der Waals surface area (Å²) in [6.45, 7) is 8.20. The predicted octanol–water partition coefficient (Wildman–Crippen LogP) is 3.20. The Kier molecular flexibility index (Phi) is 5.41. The Morgan fingerprint density at radius 2 is 2.00 bits per heavy atom. The topological polar surface area (TPSA) is 40.5 Å². The van der Waals surface area contributed by atoms with Crippen LogP contribution in [0.1, 0.15) is 52.4 Å². The molecule has 1 saturated carbocycles. The molecular formula is C15H26O2. The Labute approximate surface area is 105 Å². The first-order chi connectivity index (χ1) is 7.94. The number of aliphatic hydroxyl groups excluding tert-OH is 1. The van der Waals surface area contributed by atoms with Crippen LogP contribution in [0.25, 0.3) is 0 Å². The van der Waals surface area contributed by atoms with Gasteiger partial charge in [-0.05, 0) is 58.3 Å². The van der Waals surface area contributed by atoms with E-state index in [2.05, 4.69) is 12.7 Å². The molecule has 0 heterocycles. The van der Waals surface area contributed by atoms with E-state index in [1.807, 2.05) is 13.8 Å². The van der Waals surface area contributed by atoms with Crippen LogP contribution in [0.5, 0.6) is 0 Å². The van der Waals surface area contributed by atoms with Gasteiger partial charge in [-0.1, -0.05) is 23.8 Å². The van der Waals surface area contributed by atoms with E-state index >= 15 is 0 Å². The van der Waals surface area contributed by atoms with Gasteiger partial charge in [0.15, 0.2) is 0 Å². The smallest absolute Gasteiger partial charge is 0.0639 e. The van der Waals surface area contributed by atoms with Gasteiger partial charge in [0, 0.05) is 0 Å². The van der Waals surface area contributed by atoms with Gasteiger partial charge in [-0.2, -0.15) is 0 Å². The molecule has 0 bridgehead atoms. The lowest BCUT2D eigenvalue weighted by molar-refractivity contribution is 0.0123. The van der Waals surface area contributed by atoms with Crippen molar-refractivity contribution < 1.29 is 10.2 Å². The minimum absolute atomic E-state index is 0.152. The molecule has 17 heavy (non-hydrogen) atoms. The quantitative estimate of drug-likeness (QED) is 0.722. The van der Waals surface area contributed by atoms with Gasteiger partial charge in [-0.15, -0.1) is 0 Å². The summed E-state index contributed by atoms with van der Waals surface area (Å²) in [6, 6.07) is 0. The van der Waals surface area contributed by atoms with Crippen molar-refractivity contribution in [1.82, 2.24) is 0 Å². The zero-order chi connectivity index (χ0) is 12.9. The summed E-state index contributed by atoms with van der Waals surface area (Å²) in [5, 5.41) is 18.8. The standard InChI is InChI=1S/C15H26O2/c1-12(11-16)5-4-6-13(2)14-7-9-15(3,17)10-8-14/h5,14,16-17H,2,4,6-11H2,1,3H3. The highest BCUT2D eigenvalue weighted by molar-refractivity contribution is 5.06. The van der Waals surface area contributed by atoms with Crippen LogP contribution in [-0.4, -0.2) is 22.4 Å². The molecule has 2 N–H and O–H groups in total. The normalized spacial score (nSPS) is 30.4. The zero-order valence-electron chi connectivity index (χ0n) is 11.2. The van der Waals surface area contributed by atoms with E-state index in [0.29, 0.717) is 5.92 Å². The number of hydrogen-bond donors (Lipinski definition) is 2. The minimum atomic E-state index is -0.454. The first-order valence-electron chi connectivity index (χ1n) is 6.61. The Hall–Kier alpha value is -0.600. The maximum absolute atomic E-state index is 9.89. The highest BCUT2D eigenvalue weighted by Gasteiger charge is 2.29. The third-order valence-electron chi connectivity index (χ3n) is 3.85. The Morgan fingerprint density at radius 1 is 1.41 bits per heavy atom. The highest BCUT2D eigenvalue weighted by atomic mass is 16.3. The second-order valence-corrected chi connectivity index (χ2v) is 5.68. The van der Waals surface area contributed by atoms with Crippen LogP contribution >= 0.6 is 0 Å². The van der Waals surface area contributed by atoms with Crippen molar-refractivity contribution in [3.8, 4) is 0 Å². The molecule has 0 saturated heterocycles. The lowest BCUT2D eigenvalue weighted by Gasteiger charge is -2.34. The molecule has 0 radical (unpaired) electrons. The Balaban J connectivity index is 2.30. The van der Waals surface area contributed by atoms with Crippen LogP contribution in [0.3, 0.4) is 0 Å². The van der Waals surface area contributed by atoms with Crippen molar-refractivity contribution in [1.29, 1.82) is 0 Å². The van der Waals surface area contributed by atoms with Crippen molar-refractivity contribution in [2.75, 3.05) is 6.61 Å². The maximum Gasteiger partial charge on any atom is 0.0639 e. The molecule has 0 amide bonds. The number of hydrogen-bond acceptors (Lipinski definition) is 2. The number of rotatable bonds is 5. The summed E-state index contributed by atoms with van der Waals surface area (Å²) in [6.07, 6.45) is 7.97. The lowest BCUT2D eigenvalue weighted by atomic mass is 9.76. The van der Waals surface area contributed by atoms with Gasteiger partial charge < -0.3 is 10.2 Å². The molecule has 0 spiro atoms. The zero-order valence-corrected chi connectivity index (χ0v) is 11.2. The lowest BCUT2D eigenvalue weighted by Crippen LogP contribution is -2.30. The van der Waals surface area contributed by atoms with Gasteiger partial charge in [0.05, 0.1) is 12.2 Å². The SMILES string of the molecule is C=C(CCC=C(C)CO)C1CCC(C)(O)CC1. The van der Waals surface area contributed by atoms with Gasteiger partial charge in [0.25, 0.3) is 0 Å². The van der Waals surface area contributed by atoms with Gasteiger partial charge in [0.2, 0.25) is 0 Å². The van der Waals surface area contributed by atoms with Gasteiger partial charge in [-0.25, -0.2) is 0 Å². The Bertz CT molecular complexity index is 279. The third kappa shape index (κ3) is 5.05. The molecule has 98 valence electrons. The van der Waals surface area contributed by atoms with E-state index in [1.165, 1.54) is 5.57 Å². The average Bonchev–Trinajstić information content (AvgIpc) is 2.28. The van der Waals surface area contributed by atoms with E-state index < -0.39 is 5.60 Å². The summed E-state index contributed by atoms with van der Waals surface area (Å²) >= 11 is 0. The minimum Gasteiger partial charge on any atom is -0.392 e. The summed E-state index contributed by atoms with van der Waals surface area (Å²) in [4.78, 5) is 0. The van der Waals surface area contributed by atoms with E-state index in [1.54, 1.807) is 0 Å². The summed E-state index contributed by atoms with van der Waals surface area (Å²) in [5.74, 6) is 0.582. The predicted molar refractivity (Wildman–Crippen MR) is 71.8 cm³/mol. The molecular weight excluding hydrogens is 212 g/mol. The Morgan fingerprint density at radius 3 is 2.53 bits per heavy atom. The van der Waals surface area contributed by atoms with Crippen molar-refractivity contribution in [2.45, 2.75) is 58.0 Å². The molecule has 1 aliphatic rings. The van der Waals surface area contributed by atoms with Gasteiger partial charge >= 0.3 is 0 Å². The molecule has 1 fully saturated rings. The van der Waals surface area contributed by atoms with Crippen LogP contribution < -0.4 is 0 Å². The van der Waals surface area contributed by atoms with Crippen molar-refractivity contribution in [3.05, 3.63) is 23.8 Å². The van der Waals surface area contributed by atoms with E-state index in [-0.39, 0.29) is 6.61 Å². The molecule has 0 atom stereocenters. The molecule has 0 aromatic rings. The molecule has 0 aromatic carbocycles. The largest absolute Gasteiger partial charge is 0.392 e.